The zero-order chi connectivity index (χ0) is 16.5. The van der Waals surface area contributed by atoms with Gasteiger partial charge in [0.2, 0.25) is 0 Å². The van der Waals surface area contributed by atoms with E-state index < -0.39 is 5.67 Å². The molecule has 1 unspecified atom stereocenters. The molecular weight excluding hydrogens is 301 g/mol. The van der Waals surface area contributed by atoms with Crippen LogP contribution >= 0.6 is 0 Å². The van der Waals surface area contributed by atoms with E-state index in [-0.39, 0.29) is 23.5 Å². The maximum atomic E-state index is 13.9. The third-order valence-corrected chi connectivity index (χ3v) is 5.52. The Hall–Kier alpha value is -1.37. The van der Waals surface area contributed by atoms with Crippen molar-refractivity contribution in [1.82, 2.24) is 15.5 Å². The van der Waals surface area contributed by atoms with Crippen LogP contribution in [0.15, 0.2) is 0 Å². The van der Waals surface area contributed by atoms with Crippen molar-refractivity contribution in [1.29, 1.82) is 0 Å². The van der Waals surface area contributed by atoms with Crippen molar-refractivity contribution in [3.8, 4) is 0 Å². The lowest BCUT2D eigenvalue weighted by molar-refractivity contribution is -0.143. The highest BCUT2D eigenvalue weighted by Crippen LogP contribution is 2.44. The summed E-state index contributed by atoms with van der Waals surface area (Å²) in [4.78, 5) is 24.9. The molecular formula is C16H26FN3O3. The van der Waals surface area contributed by atoms with Crippen molar-refractivity contribution in [3.63, 3.8) is 0 Å². The Morgan fingerprint density at radius 1 is 1.22 bits per heavy atom. The molecule has 0 aromatic rings. The van der Waals surface area contributed by atoms with E-state index in [4.69, 9.17) is 4.74 Å². The maximum absolute atomic E-state index is 13.9. The van der Waals surface area contributed by atoms with Crippen LogP contribution in [0.2, 0.25) is 0 Å². The van der Waals surface area contributed by atoms with E-state index in [0.717, 1.165) is 25.7 Å². The number of hydrogen-bond donors (Lipinski definition) is 2. The SMILES string of the molecule is CNC(=O)NCC1CCC2(CCN(C(=O)C3(F)CC3)CC2)CO1. The second-order valence-electron chi connectivity index (χ2n) is 7.19. The second kappa shape index (κ2) is 6.26. The molecule has 3 aliphatic rings. The number of piperidine rings is 1. The largest absolute Gasteiger partial charge is 0.376 e. The van der Waals surface area contributed by atoms with Gasteiger partial charge in [0.05, 0.1) is 12.7 Å². The van der Waals surface area contributed by atoms with Gasteiger partial charge >= 0.3 is 6.03 Å². The zero-order valence-corrected chi connectivity index (χ0v) is 13.7. The molecule has 3 rings (SSSR count). The van der Waals surface area contributed by atoms with Crippen LogP contribution in [0.1, 0.15) is 38.5 Å². The molecule has 3 fully saturated rings. The molecule has 1 aliphatic carbocycles. The van der Waals surface area contributed by atoms with Crippen molar-refractivity contribution < 1.29 is 18.7 Å². The highest BCUT2D eigenvalue weighted by Gasteiger charge is 2.53. The van der Waals surface area contributed by atoms with E-state index >= 15 is 0 Å². The Kier molecular flexibility index (Phi) is 4.49. The van der Waals surface area contributed by atoms with Crippen LogP contribution in [0.5, 0.6) is 0 Å². The van der Waals surface area contributed by atoms with Gasteiger partial charge < -0.3 is 20.3 Å². The van der Waals surface area contributed by atoms with Crippen molar-refractivity contribution in [2.24, 2.45) is 5.41 Å². The number of halogens is 1. The fourth-order valence-corrected chi connectivity index (χ4v) is 3.56. The van der Waals surface area contributed by atoms with E-state index in [1.165, 1.54) is 0 Å². The molecule has 0 aromatic carbocycles. The Morgan fingerprint density at radius 3 is 2.43 bits per heavy atom. The lowest BCUT2D eigenvalue weighted by Gasteiger charge is -2.46. The first-order valence-electron chi connectivity index (χ1n) is 8.52. The maximum Gasteiger partial charge on any atom is 0.314 e. The third-order valence-electron chi connectivity index (χ3n) is 5.52. The van der Waals surface area contributed by atoms with Crippen LogP contribution in [0, 0.1) is 5.41 Å². The summed E-state index contributed by atoms with van der Waals surface area (Å²) in [5.74, 6) is -0.309. The monoisotopic (exact) mass is 327 g/mol. The number of amides is 3. The average molecular weight is 327 g/mol. The van der Waals surface area contributed by atoms with Gasteiger partial charge in [0.15, 0.2) is 5.67 Å². The van der Waals surface area contributed by atoms with Crippen LogP contribution in [0.25, 0.3) is 0 Å². The average Bonchev–Trinajstić information content (AvgIpc) is 3.33. The van der Waals surface area contributed by atoms with Gasteiger partial charge in [-0.05, 0) is 43.9 Å². The molecule has 2 heterocycles. The molecule has 1 saturated carbocycles. The van der Waals surface area contributed by atoms with E-state index in [2.05, 4.69) is 10.6 Å². The number of rotatable bonds is 3. The number of hydrogen-bond acceptors (Lipinski definition) is 3. The summed E-state index contributed by atoms with van der Waals surface area (Å²) in [6.07, 6.45) is 4.53. The Labute approximate surface area is 136 Å². The number of nitrogens with one attached hydrogen (secondary N) is 2. The molecule has 2 N–H and O–H groups in total. The highest BCUT2D eigenvalue weighted by molar-refractivity contribution is 5.88. The number of alkyl halides is 1. The molecule has 3 amide bonds. The quantitative estimate of drug-likeness (QED) is 0.818. The molecule has 0 radical (unpaired) electrons. The van der Waals surface area contributed by atoms with E-state index in [0.29, 0.717) is 39.1 Å². The summed E-state index contributed by atoms with van der Waals surface area (Å²) in [5, 5.41) is 5.29. The van der Waals surface area contributed by atoms with E-state index in [9.17, 15) is 14.0 Å². The Balaban J connectivity index is 1.43. The van der Waals surface area contributed by atoms with Crippen molar-refractivity contribution >= 4 is 11.9 Å². The predicted octanol–water partition coefficient (Wildman–Crippen LogP) is 1.21. The lowest BCUT2D eigenvalue weighted by atomic mass is 9.73. The number of carbonyl (C=O) groups is 2. The second-order valence-corrected chi connectivity index (χ2v) is 7.19. The summed E-state index contributed by atoms with van der Waals surface area (Å²) >= 11 is 0. The van der Waals surface area contributed by atoms with E-state index in [1.807, 2.05) is 0 Å². The van der Waals surface area contributed by atoms with Crippen molar-refractivity contribution in [3.05, 3.63) is 0 Å². The van der Waals surface area contributed by atoms with Gasteiger partial charge in [-0.1, -0.05) is 0 Å². The van der Waals surface area contributed by atoms with E-state index in [1.54, 1.807) is 11.9 Å². The minimum absolute atomic E-state index is 0.0539. The fourth-order valence-electron chi connectivity index (χ4n) is 3.56. The van der Waals surface area contributed by atoms with Crippen LogP contribution in [0.3, 0.4) is 0 Å². The summed E-state index contributed by atoms with van der Waals surface area (Å²) < 4.78 is 19.8. The summed E-state index contributed by atoms with van der Waals surface area (Å²) in [7, 11) is 1.59. The Bertz CT molecular complexity index is 463. The standard InChI is InChI=1S/C16H26FN3O3/c1-18-14(22)19-10-12-2-3-15(11-23-12)6-8-20(9-7-15)13(21)16(17)4-5-16/h12H,2-11H2,1H3,(H2,18,19,22). The molecule has 2 saturated heterocycles. The molecule has 1 atom stereocenters. The zero-order valence-electron chi connectivity index (χ0n) is 13.7. The van der Waals surface area contributed by atoms with Gasteiger partial charge in [-0.2, -0.15) is 0 Å². The molecule has 23 heavy (non-hydrogen) atoms. The first-order valence-corrected chi connectivity index (χ1v) is 8.52. The van der Waals surface area contributed by atoms with Crippen LogP contribution in [0.4, 0.5) is 9.18 Å². The number of ether oxygens (including phenoxy) is 1. The molecule has 130 valence electrons. The first-order chi connectivity index (χ1) is 11.0. The van der Waals surface area contributed by atoms with Crippen LogP contribution < -0.4 is 10.6 Å². The van der Waals surface area contributed by atoms with Gasteiger partial charge in [0, 0.05) is 26.7 Å². The number of nitrogens with zero attached hydrogens (tertiary/aromatic N) is 1. The molecule has 0 bridgehead atoms. The molecule has 7 heteroatoms. The first kappa shape index (κ1) is 16.5. The predicted molar refractivity (Wildman–Crippen MR) is 82.8 cm³/mol. The molecule has 6 nitrogen and oxygen atoms in total. The lowest BCUT2D eigenvalue weighted by Crippen LogP contribution is -2.51. The van der Waals surface area contributed by atoms with Gasteiger partial charge in [-0.3, -0.25) is 4.79 Å². The fraction of sp³-hybridized carbons (Fsp3) is 0.875. The van der Waals surface area contributed by atoms with Crippen LogP contribution in [-0.4, -0.2) is 61.9 Å². The highest BCUT2D eigenvalue weighted by atomic mass is 19.1. The molecule has 2 aliphatic heterocycles. The number of urea groups is 1. The Morgan fingerprint density at radius 2 is 1.91 bits per heavy atom. The molecule has 1 spiro atoms. The normalized spacial score (nSPS) is 28.3. The number of carbonyl (C=O) groups excluding carboxylic acids is 2. The number of likely N-dealkylation sites (tertiary alicyclic amines) is 1. The summed E-state index contributed by atoms with van der Waals surface area (Å²) in [5.41, 5.74) is -1.43. The van der Waals surface area contributed by atoms with Gasteiger partial charge in [0.25, 0.3) is 5.91 Å². The van der Waals surface area contributed by atoms with Crippen molar-refractivity contribution in [2.45, 2.75) is 50.3 Å². The minimum atomic E-state index is -1.55. The van der Waals surface area contributed by atoms with Gasteiger partial charge in [-0.25, -0.2) is 9.18 Å². The smallest absolute Gasteiger partial charge is 0.314 e. The van der Waals surface area contributed by atoms with Gasteiger partial charge in [-0.15, -0.1) is 0 Å². The van der Waals surface area contributed by atoms with Gasteiger partial charge in [0.1, 0.15) is 0 Å². The minimum Gasteiger partial charge on any atom is -0.376 e. The molecule has 0 aromatic heterocycles. The topological polar surface area (TPSA) is 70.7 Å². The third kappa shape index (κ3) is 3.59. The van der Waals surface area contributed by atoms with Crippen molar-refractivity contribution in [2.75, 3.05) is 33.3 Å². The summed E-state index contributed by atoms with van der Waals surface area (Å²) in [6, 6.07) is -0.194. The van der Waals surface area contributed by atoms with Crippen LogP contribution in [-0.2, 0) is 9.53 Å². The summed E-state index contributed by atoms with van der Waals surface area (Å²) in [6.45, 7) is 2.45.